The van der Waals surface area contributed by atoms with Crippen molar-refractivity contribution in [1.29, 1.82) is 0 Å². The monoisotopic (exact) mass is 255 g/mol. The zero-order chi connectivity index (χ0) is 13.8. The Balaban J connectivity index is 2.25. The number of hydrogen-bond acceptors (Lipinski definition) is 2. The molecule has 1 N–H and O–H groups in total. The van der Waals surface area contributed by atoms with Crippen molar-refractivity contribution in [2.45, 2.75) is 13.5 Å². The van der Waals surface area contributed by atoms with Crippen LogP contribution in [0.5, 0.6) is 0 Å². The second-order valence-corrected chi connectivity index (χ2v) is 4.65. The summed E-state index contributed by atoms with van der Waals surface area (Å²) in [6, 6.07) is 15.3. The van der Waals surface area contributed by atoms with Crippen LogP contribution in [0.25, 0.3) is 0 Å². The lowest BCUT2D eigenvalue weighted by Gasteiger charge is -2.22. The molecule has 0 saturated carbocycles. The first kappa shape index (κ1) is 13.1. The number of anilines is 1. The third kappa shape index (κ3) is 3.13. The third-order valence-corrected chi connectivity index (χ3v) is 3.13. The summed E-state index contributed by atoms with van der Waals surface area (Å²) >= 11 is 0. The lowest BCUT2D eigenvalue weighted by molar-refractivity contribution is 0.0697. The van der Waals surface area contributed by atoms with Crippen molar-refractivity contribution >= 4 is 11.7 Å². The number of nitrogens with zero attached hydrogens (tertiary/aromatic N) is 1. The van der Waals surface area contributed by atoms with E-state index in [4.69, 9.17) is 5.11 Å². The van der Waals surface area contributed by atoms with Gasteiger partial charge >= 0.3 is 5.97 Å². The van der Waals surface area contributed by atoms with Crippen LogP contribution in [-0.4, -0.2) is 18.1 Å². The van der Waals surface area contributed by atoms with E-state index < -0.39 is 5.97 Å². The van der Waals surface area contributed by atoms with Gasteiger partial charge in [-0.25, -0.2) is 4.79 Å². The molecule has 0 unspecified atom stereocenters. The van der Waals surface area contributed by atoms with Gasteiger partial charge in [-0.1, -0.05) is 36.4 Å². The highest BCUT2D eigenvalue weighted by Gasteiger charge is 2.09. The number of carboxylic acids is 1. The number of rotatable bonds is 4. The highest BCUT2D eigenvalue weighted by molar-refractivity contribution is 5.89. The molecule has 0 aliphatic rings. The standard InChI is InChI=1S/C16H17NO2/c1-12-8-9-14(16(18)19)10-15(12)17(2)11-13-6-4-3-5-7-13/h3-10H,11H2,1-2H3,(H,18,19). The van der Waals surface area contributed by atoms with Crippen LogP contribution in [0.1, 0.15) is 21.5 Å². The van der Waals surface area contributed by atoms with Gasteiger partial charge in [0.15, 0.2) is 0 Å². The summed E-state index contributed by atoms with van der Waals surface area (Å²) in [7, 11) is 1.97. The fraction of sp³-hybridized carbons (Fsp3) is 0.188. The van der Waals surface area contributed by atoms with E-state index in [0.29, 0.717) is 5.56 Å². The quantitative estimate of drug-likeness (QED) is 0.911. The molecule has 0 aliphatic heterocycles. The van der Waals surface area contributed by atoms with Gasteiger partial charge in [-0.05, 0) is 30.2 Å². The van der Waals surface area contributed by atoms with Gasteiger partial charge in [-0.15, -0.1) is 0 Å². The largest absolute Gasteiger partial charge is 0.478 e. The van der Waals surface area contributed by atoms with Crippen LogP contribution in [0.4, 0.5) is 5.69 Å². The molecule has 2 aromatic carbocycles. The zero-order valence-electron chi connectivity index (χ0n) is 11.1. The number of carboxylic acid groups (broad SMARTS) is 1. The highest BCUT2D eigenvalue weighted by Crippen LogP contribution is 2.22. The summed E-state index contributed by atoms with van der Waals surface area (Å²) in [4.78, 5) is 13.1. The molecule has 0 saturated heterocycles. The van der Waals surface area contributed by atoms with Crippen molar-refractivity contribution < 1.29 is 9.90 Å². The lowest BCUT2D eigenvalue weighted by atomic mass is 10.1. The van der Waals surface area contributed by atoms with Crippen molar-refractivity contribution in [2.24, 2.45) is 0 Å². The van der Waals surface area contributed by atoms with Crippen LogP contribution >= 0.6 is 0 Å². The minimum atomic E-state index is -0.894. The van der Waals surface area contributed by atoms with Crippen LogP contribution in [-0.2, 0) is 6.54 Å². The highest BCUT2D eigenvalue weighted by atomic mass is 16.4. The second kappa shape index (κ2) is 5.57. The third-order valence-electron chi connectivity index (χ3n) is 3.13. The summed E-state index contributed by atoms with van der Waals surface area (Å²) in [5.74, 6) is -0.894. The number of carbonyl (C=O) groups is 1. The molecule has 0 aromatic heterocycles. The van der Waals surface area contributed by atoms with E-state index in [1.54, 1.807) is 12.1 Å². The number of benzene rings is 2. The predicted molar refractivity (Wildman–Crippen MR) is 76.7 cm³/mol. The summed E-state index contributed by atoms with van der Waals surface area (Å²) in [6.07, 6.45) is 0. The lowest BCUT2D eigenvalue weighted by Crippen LogP contribution is -2.18. The zero-order valence-corrected chi connectivity index (χ0v) is 11.1. The number of hydrogen-bond donors (Lipinski definition) is 1. The molecule has 0 heterocycles. The Morgan fingerprint density at radius 1 is 1.16 bits per heavy atom. The van der Waals surface area contributed by atoms with Crippen LogP contribution in [0, 0.1) is 6.92 Å². The molecule has 3 nitrogen and oxygen atoms in total. The topological polar surface area (TPSA) is 40.5 Å². The van der Waals surface area contributed by atoms with Gasteiger partial charge in [0.1, 0.15) is 0 Å². The fourth-order valence-corrected chi connectivity index (χ4v) is 2.10. The molecule has 0 aliphatic carbocycles. The van der Waals surface area contributed by atoms with Gasteiger partial charge in [-0.3, -0.25) is 0 Å². The summed E-state index contributed by atoms with van der Waals surface area (Å²) in [5, 5.41) is 9.05. The molecule has 3 heteroatoms. The maximum absolute atomic E-state index is 11.0. The van der Waals surface area contributed by atoms with E-state index in [1.165, 1.54) is 5.56 Å². The Bertz CT molecular complexity index is 579. The Labute approximate surface area is 113 Å². The summed E-state index contributed by atoms with van der Waals surface area (Å²) in [6.45, 7) is 2.74. The van der Waals surface area contributed by atoms with Gasteiger partial charge in [0, 0.05) is 19.3 Å². The maximum atomic E-state index is 11.0. The molecule has 98 valence electrons. The Morgan fingerprint density at radius 2 is 1.84 bits per heavy atom. The van der Waals surface area contributed by atoms with E-state index in [9.17, 15) is 4.79 Å². The van der Waals surface area contributed by atoms with Gasteiger partial charge in [0.25, 0.3) is 0 Å². The SMILES string of the molecule is Cc1ccc(C(=O)O)cc1N(C)Cc1ccccc1. The van der Waals surface area contributed by atoms with Gasteiger partial charge in [0.05, 0.1) is 5.56 Å². The van der Waals surface area contributed by atoms with Crippen LogP contribution < -0.4 is 4.90 Å². The minimum Gasteiger partial charge on any atom is -0.478 e. The molecule has 0 fully saturated rings. The van der Waals surface area contributed by atoms with Crippen molar-refractivity contribution in [1.82, 2.24) is 0 Å². The molecular weight excluding hydrogens is 238 g/mol. The molecule has 2 rings (SSSR count). The molecular formula is C16H17NO2. The van der Waals surface area contributed by atoms with Crippen molar-refractivity contribution in [3.8, 4) is 0 Å². The van der Waals surface area contributed by atoms with E-state index >= 15 is 0 Å². The fourth-order valence-electron chi connectivity index (χ4n) is 2.10. The van der Waals surface area contributed by atoms with Gasteiger partial charge in [0.2, 0.25) is 0 Å². The summed E-state index contributed by atoms with van der Waals surface area (Å²) in [5.41, 5.74) is 3.54. The number of aromatic carboxylic acids is 1. The summed E-state index contributed by atoms with van der Waals surface area (Å²) < 4.78 is 0. The Kier molecular flexibility index (Phi) is 3.85. The molecule has 0 bridgehead atoms. The van der Waals surface area contributed by atoms with Crippen LogP contribution in [0.15, 0.2) is 48.5 Å². The smallest absolute Gasteiger partial charge is 0.335 e. The van der Waals surface area contributed by atoms with Crippen LogP contribution in [0.3, 0.4) is 0 Å². The predicted octanol–water partition coefficient (Wildman–Crippen LogP) is 3.33. The minimum absolute atomic E-state index is 0.320. The van der Waals surface area contributed by atoms with E-state index in [0.717, 1.165) is 17.8 Å². The average molecular weight is 255 g/mol. The van der Waals surface area contributed by atoms with Crippen molar-refractivity contribution in [2.75, 3.05) is 11.9 Å². The number of aryl methyl sites for hydroxylation is 1. The first-order chi connectivity index (χ1) is 9.08. The van der Waals surface area contributed by atoms with Gasteiger partial charge < -0.3 is 10.0 Å². The van der Waals surface area contributed by atoms with Crippen molar-refractivity contribution in [3.63, 3.8) is 0 Å². The molecule has 0 radical (unpaired) electrons. The van der Waals surface area contributed by atoms with Crippen LogP contribution in [0.2, 0.25) is 0 Å². The molecule has 2 aromatic rings. The molecule has 19 heavy (non-hydrogen) atoms. The Morgan fingerprint density at radius 3 is 2.47 bits per heavy atom. The first-order valence-electron chi connectivity index (χ1n) is 6.17. The second-order valence-electron chi connectivity index (χ2n) is 4.65. The maximum Gasteiger partial charge on any atom is 0.335 e. The molecule has 0 spiro atoms. The van der Waals surface area contributed by atoms with Gasteiger partial charge in [-0.2, -0.15) is 0 Å². The van der Waals surface area contributed by atoms with Crippen molar-refractivity contribution in [3.05, 3.63) is 65.2 Å². The van der Waals surface area contributed by atoms with E-state index in [-0.39, 0.29) is 0 Å². The first-order valence-corrected chi connectivity index (χ1v) is 6.17. The molecule has 0 amide bonds. The van der Waals surface area contributed by atoms with E-state index in [1.807, 2.05) is 38.2 Å². The molecule has 0 atom stereocenters. The Hall–Kier alpha value is -2.29. The average Bonchev–Trinajstić information content (AvgIpc) is 2.40. The normalized spacial score (nSPS) is 10.2. The van der Waals surface area contributed by atoms with E-state index in [2.05, 4.69) is 17.0 Å².